The molecule has 3 aromatic rings. The summed E-state index contributed by atoms with van der Waals surface area (Å²) >= 11 is 0. The Morgan fingerprint density at radius 1 is 1.04 bits per heavy atom. The minimum atomic E-state index is -0.371. The van der Waals surface area contributed by atoms with E-state index in [4.69, 9.17) is 10.5 Å². The van der Waals surface area contributed by atoms with E-state index in [9.17, 15) is 4.79 Å². The summed E-state index contributed by atoms with van der Waals surface area (Å²) in [5.41, 5.74) is 11.7. The van der Waals surface area contributed by atoms with E-state index >= 15 is 0 Å². The zero-order valence-corrected chi connectivity index (χ0v) is 14.7. The second-order valence-electron chi connectivity index (χ2n) is 6.12. The number of ether oxygens (including phenoxy) is 1. The van der Waals surface area contributed by atoms with E-state index in [1.165, 1.54) is 12.7 Å². The third-order valence-corrected chi connectivity index (χ3v) is 4.48. The lowest BCUT2D eigenvalue weighted by molar-refractivity contribution is 0.0600. The van der Waals surface area contributed by atoms with Crippen LogP contribution in [0.1, 0.15) is 33.3 Å². The molecule has 0 radical (unpaired) electrons. The van der Waals surface area contributed by atoms with Crippen LogP contribution in [0.5, 0.6) is 0 Å². The number of carbonyl (C=O) groups excluding carboxylic acids is 1. The number of carbonyl (C=O) groups is 1. The van der Waals surface area contributed by atoms with E-state index in [-0.39, 0.29) is 12.1 Å². The number of hydrogen-bond donors (Lipinski definition) is 1. The van der Waals surface area contributed by atoms with E-state index in [1.54, 1.807) is 0 Å². The number of benzene rings is 2. The Hall–Kier alpha value is -2.85. The van der Waals surface area contributed by atoms with Crippen LogP contribution >= 0.6 is 0 Å². The summed E-state index contributed by atoms with van der Waals surface area (Å²) in [6.07, 6.45) is 1.56. The van der Waals surface area contributed by atoms with Gasteiger partial charge >= 0.3 is 5.97 Å². The maximum Gasteiger partial charge on any atom is 0.340 e. The first kappa shape index (κ1) is 17.0. The number of hydrogen-bond acceptors (Lipinski definition) is 3. The van der Waals surface area contributed by atoms with Crippen molar-refractivity contribution in [3.05, 3.63) is 83.2 Å². The fraction of sp³-hybridized carbons (Fsp3) is 0.190. The molecule has 3 rings (SSSR count). The van der Waals surface area contributed by atoms with Crippen molar-refractivity contribution in [2.45, 2.75) is 20.0 Å². The fourth-order valence-corrected chi connectivity index (χ4v) is 3.04. The van der Waals surface area contributed by atoms with Crippen molar-refractivity contribution in [1.82, 2.24) is 4.57 Å². The minimum absolute atomic E-state index is 0.355. The maximum atomic E-state index is 12.4. The Labute approximate surface area is 147 Å². The van der Waals surface area contributed by atoms with Crippen LogP contribution in [0.25, 0.3) is 11.1 Å². The second-order valence-corrected chi connectivity index (χ2v) is 6.12. The lowest BCUT2D eigenvalue weighted by Gasteiger charge is -2.16. The first-order chi connectivity index (χ1) is 12.0. The number of esters is 1. The lowest BCUT2D eigenvalue weighted by Crippen LogP contribution is -2.20. The molecule has 0 spiro atoms. The summed E-state index contributed by atoms with van der Waals surface area (Å²) in [5.74, 6) is -0.355. The zero-order valence-electron chi connectivity index (χ0n) is 14.7. The van der Waals surface area contributed by atoms with Crippen molar-refractivity contribution < 1.29 is 9.53 Å². The van der Waals surface area contributed by atoms with E-state index in [2.05, 4.69) is 0 Å². The Kier molecular flexibility index (Phi) is 4.72. The van der Waals surface area contributed by atoms with Crippen molar-refractivity contribution in [1.29, 1.82) is 0 Å². The van der Waals surface area contributed by atoms with E-state index in [0.717, 1.165) is 22.4 Å². The largest absolute Gasteiger partial charge is 0.465 e. The number of aryl methyl sites for hydroxylation is 1. The van der Waals surface area contributed by atoms with Crippen LogP contribution in [0, 0.1) is 13.8 Å². The molecule has 2 aromatic carbocycles. The van der Waals surface area contributed by atoms with Gasteiger partial charge in [0, 0.05) is 17.5 Å². The summed E-state index contributed by atoms with van der Waals surface area (Å²) in [7, 11) is 1.40. The molecule has 4 heteroatoms. The Morgan fingerprint density at radius 2 is 1.68 bits per heavy atom. The quantitative estimate of drug-likeness (QED) is 0.732. The van der Waals surface area contributed by atoms with Crippen molar-refractivity contribution in [3.8, 4) is 11.1 Å². The first-order valence-electron chi connectivity index (χ1n) is 8.20. The topological polar surface area (TPSA) is 57.2 Å². The standard InChI is InChI=1S/C21H22N2O2/c1-14-9-11-16(12-10-14)18-13-23(15(2)19(18)21(24)25-3)20(22)17-7-5-4-6-8-17/h4-13,20H,22H2,1-3H3/t20-/m1/s1. The molecule has 0 aliphatic carbocycles. The molecule has 4 nitrogen and oxygen atoms in total. The molecular weight excluding hydrogens is 312 g/mol. The van der Waals surface area contributed by atoms with Gasteiger partial charge in [0.1, 0.15) is 6.17 Å². The van der Waals surface area contributed by atoms with Gasteiger partial charge in [0.15, 0.2) is 0 Å². The molecule has 1 atom stereocenters. The van der Waals surface area contributed by atoms with Crippen molar-refractivity contribution >= 4 is 5.97 Å². The SMILES string of the molecule is COC(=O)c1c(-c2ccc(C)cc2)cn([C@@H](N)c2ccccc2)c1C. The molecule has 1 heterocycles. The molecule has 2 N–H and O–H groups in total. The maximum absolute atomic E-state index is 12.4. The van der Waals surface area contributed by atoms with Gasteiger partial charge in [0.05, 0.1) is 12.7 Å². The van der Waals surface area contributed by atoms with Gasteiger partial charge in [-0.3, -0.25) is 0 Å². The van der Waals surface area contributed by atoms with E-state index in [1.807, 2.05) is 79.2 Å². The molecule has 0 aliphatic heterocycles. The predicted molar refractivity (Wildman–Crippen MR) is 99.4 cm³/mol. The van der Waals surface area contributed by atoms with Gasteiger partial charge in [0.2, 0.25) is 0 Å². The molecule has 0 amide bonds. The molecule has 0 aliphatic rings. The van der Waals surface area contributed by atoms with Crippen LogP contribution in [0.15, 0.2) is 60.8 Å². The molecule has 0 saturated carbocycles. The van der Waals surface area contributed by atoms with Crippen LogP contribution in [0.4, 0.5) is 0 Å². The van der Waals surface area contributed by atoms with Crippen molar-refractivity contribution in [2.24, 2.45) is 5.73 Å². The number of rotatable bonds is 4. The molecule has 25 heavy (non-hydrogen) atoms. The van der Waals surface area contributed by atoms with Crippen LogP contribution in [-0.2, 0) is 4.74 Å². The Bertz CT molecular complexity index is 880. The normalized spacial score (nSPS) is 12.0. The minimum Gasteiger partial charge on any atom is -0.465 e. The molecule has 0 fully saturated rings. The van der Waals surface area contributed by atoms with Gasteiger partial charge < -0.3 is 15.0 Å². The van der Waals surface area contributed by atoms with Crippen molar-refractivity contribution in [2.75, 3.05) is 7.11 Å². The molecule has 0 bridgehead atoms. The van der Waals surface area contributed by atoms with Gasteiger partial charge in [-0.25, -0.2) is 4.79 Å². The average molecular weight is 334 g/mol. The number of aromatic nitrogens is 1. The van der Waals surface area contributed by atoms with Crippen LogP contribution in [0.2, 0.25) is 0 Å². The highest BCUT2D eigenvalue weighted by molar-refractivity contribution is 5.98. The van der Waals surface area contributed by atoms with Crippen molar-refractivity contribution in [3.63, 3.8) is 0 Å². The van der Waals surface area contributed by atoms with Gasteiger partial charge in [-0.05, 0) is 25.0 Å². The molecule has 0 unspecified atom stereocenters. The highest BCUT2D eigenvalue weighted by Gasteiger charge is 2.23. The predicted octanol–water partition coefficient (Wildman–Crippen LogP) is 4.06. The molecule has 128 valence electrons. The van der Waals surface area contributed by atoms with Gasteiger partial charge in [-0.15, -0.1) is 0 Å². The highest BCUT2D eigenvalue weighted by Crippen LogP contribution is 2.31. The molecule has 1 aromatic heterocycles. The highest BCUT2D eigenvalue weighted by atomic mass is 16.5. The molecular formula is C21H22N2O2. The van der Waals surface area contributed by atoms with E-state index in [0.29, 0.717) is 5.56 Å². The Morgan fingerprint density at radius 3 is 2.28 bits per heavy atom. The zero-order chi connectivity index (χ0) is 18.0. The number of nitrogens with zero attached hydrogens (tertiary/aromatic N) is 1. The lowest BCUT2D eigenvalue weighted by atomic mass is 10.0. The van der Waals surface area contributed by atoms with Gasteiger partial charge in [0.25, 0.3) is 0 Å². The average Bonchev–Trinajstić information content (AvgIpc) is 2.99. The summed E-state index contributed by atoms with van der Waals surface area (Å²) < 4.78 is 6.94. The third-order valence-electron chi connectivity index (χ3n) is 4.48. The number of nitrogens with two attached hydrogens (primary N) is 1. The van der Waals surface area contributed by atoms with Crippen LogP contribution in [0.3, 0.4) is 0 Å². The fourth-order valence-electron chi connectivity index (χ4n) is 3.04. The summed E-state index contributed by atoms with van der Waals surface area (Å²) in [6, 6.07) is 17.9. The smallest absolute Gasteiger partial charge is 0.340 e. The number of methoxy groups -OCH3 is 1. The van der Waals surface area contributed by atoms with Gasteiger partial charge in [-0.1, -0.05) is 60.2 Å². The summed E-state index contributed by atoms with van der Waals surface area (Å²) in [4.78, 5) is 12.4. The van der Waals surface area contributed by atoms with Crippen LogP contribution in [-0.4, -0.2) is 17.6 Å². The summed E-state index contributed by atoms with van der Waals surface area (Å²) in [5, 5.41) is 0. The van der Waals surface area contributed by atoms with Crippen LogP contribution < -0.4 is 5.73 Å². The monoisotopic (exact) mass is 334 g/mol. The molecule has 0 saturated heterocycles. The first-order valence-corrected chi connectivity index (χ1v) is 8.20. The summed E-state index contributed by atoms with van der Waals surface area (Å²) in [6.45, 7) is 3.93. The third kappa shape index (κ3) is 3.21. The second kappa shape index (κ2) is 6.95. The Balaban J connectivity index is 2.15. The van der Waals surface area contributed by atoms with Gasteiger partial charge in [-0.2, -0.15) is 0 Å². The van der Waals surface area contributed by atoms with E-state index < -0.39 is 0 Å².